The molecule has 0 saturated carbocycles. The van der Waals surface area contributed by atoms with Gasteiger partial charge in [-0.15, -0.1) is 0 Å². The van der Waals surface area contributed by atoms with Gasteiger partial charge in [0.2, 0.25) is 0 Å². The zero-order valence-electron chi connectivity index (χ0n) is 15.0. The molecule has 1 saturated heterocycles. The van der Waals surface area contributed by atoms with Crippen molar-refractivity contribution in [2.45, 2.75) is 6.92 Å². The molecule has 2 aromatic carbocycles. The molecule has 4 amide bonds. The maximum absolute atomic E-state index is 12.9. The molecule has 1 aliphatic heterocycles. The molecule has 9 heteroatoms. The molecule has 0 aromatic heterocycles. The number of rotatable bonds is 4. The lowest BCUT2D eigenvalue weighted by Crippen LogP contribution is -2.54. The van der Waals surface area contributed by atoms with Crippen LogP contribution in [-0.2, 0) is 9.59 Å². The van der Waals surface area contributed by atoms with E-state index in [0.717, 1.165) is 10.5 Å². The zero-order valence-corrected chi connectivity index (χ0v) is 18.8. The van der Waals surface area contributed by atoms with Crippen LogP contribution in [0.2, 0.25) is 0 Å². The number of urea groups is 1. The Morgan fingerprint density at radius 3 is 2.55 bits per heavy atom. The molecule has 0 atom stereocenters. The molecule has 0 spiro atoms. The van der Waals surface area contributed by atoms with Crippen molar-refractivity contribution in [3.63, 3.8) is 0 Å². The number of carbonyl (C=O) groups is 3. The first-order valence-electron chi connectivity index (χ1n) is 8.28. The van der Waals surface area contributed by atoms with E-state index in [1.165, 1.54) is 6.08 Å². The van der Waals surface area contributed by atoms with Gasteiger partial charge in [-0.3, -0.25) is 14.9 Å². The van der Waals surface area contributed by atoms with Gasteiger partial charge in [0.1, 0.15) is 17.4 Å². The van der Waals surface area contributed by atoms with Crippen LogP contribution in [0, 0.1) is 21.8 Å². The lowest BCUT2D eigenvalue weighted by molar-refractivity contribution is -0.122. The average molecular weight is 566 g/mol. The number of benzene rings is 2. The van der Waals surface area contributed by atoms with Crippen LogP contribution >= 0.6 is 38.5 Å². The normalized spacial score (nSPS) is 15.3. The quantitative estimate of drug-likeness (QED) is 0.344. The standard InChI is InChI=1S/C20H13BrIN3O4/c1-11-2-4-13(5-3-11)25-19(27)14(18(26)24-20(25)28)8-12-9-15(21)17(16(22)10-12)29-7-6-23/h2-5,8-10H,7H2,1H3,(H,24,26,28)/b14-8+. The first kappa shape index (κ1) is 21.0. The molecule has 0 bridgehead atoms. The SMILES string of the molecule is Cc1ccc(N2C(=O)NC(=O)/C(=C\c3cc(Br)c(OCC#N)c(I)c3)C2=O)cc1. The first-order valence-corrected chi connectivity index (χ1v) is 10.2. The Hall–Kier alpha value is -2.71. The van der Waals surface area contributed by atoms with E-state index in [9.17, 15) is 14.4 Å². The summed E-state index contributed by atoms with van der Waals surface area (Å²) < 4.78 is 6.63. The van der Waals surface area contributed by atoms with E-state index in [-0.39, 0.29) is 12.2 Å². The number of nitrogens with zero attached hydrogens (tertiary/aromatic N) is 2. The average Bonchev–Trinajstić information content (AvgIpc) is 2.66. The van der Waals surface area contributed by atoms with Gasteiger partial charge in [-0.05, 0) is 81.3 Å². The number of nitrogens with one attached hydrogen (secondary N) is 1. The van der Waals surface area contributed by atoms with E-state index >= 15 is 0 Å². The number of aryl methyl sites for hydroxylation is 1. The maximum Gasteiger partial charge on any atom is 0.335 e. The molecular weight excluding hydrogens is 553 g/mol. The third kappa shape index (κ3) is 4.49. The Balaban J connectivity index is 1.98. The molecule has 7 nitrogen and oxygen atoms in total. The van der Waals surface area contributed by atoms with Crippen LogP contribution in [-0.4, -0.2) is 24.5 Å². The Labute approximate surface area is 188 Å². The van der Waals surface area contributed by atoms with Crippen LogP contribution in [0.3, 0.4) is 0 Å². The minimum absolute atomic E-state index is 0.108. The monoisotopic (exact) mass is 565 g/mol. The molecule has 0 aliphatic carbocycles. The van der Waals surface area contributed by atoms with Gasteiger partial charge >= 0.3 is 6.03 Å². The number of halogens is 2. The van der Waals surface area contributed by atoms with Gasteiger partial charge in [-0.1, -0.05) is 17.7 Å². The van der Waals surface area contributed by atoms with Crippen molar-refractivity contribution >= 4 is 68.1 Å². The van der Waals surface area contributed by atoms with Crippen molar-refractivity contribution in [2.24, 2.45) is 0 Å². The highest BCUT2D eigenvalue weighted by atomic mass is 127. The summed E-state index contributed by atoms with van der Waals surface area (Å²) in [5, 5.41) is 10.9. The highest BCUT2D eigenvalue weighted by Gasteiger charge is 2.36. The smallest absolute Gasteiger partial charge is 0.335 e. The Morgan fingerprint density at radius 2 is 1.93 bits per heavy atom. The number of barbiturate groups is 1. The lowest BCUT2D eigenvalue weighted by atomic mass is 10.1. The fourth-order valence-electron chi connectivity index (χ4n) is 2.66. The van der Waals surface area contributed by atoms with Crippen molar-refractivity contribution < 1.29 is 19.1 Å². The highest BCUT2D eigenvalue weighted by Crippen LogP contribution is 2.33. The molecule has 1 N–H and O–H groups in total. The summed E-state index contributed by atoms with van der Waals surface area (Å²) in [5.41, 5.74) is 1.73. The van der Waals surface area contributed by atoms with Gasteiger partial charge < -0.3 is 4.74 Å². The summed E-state index contributed by atoms with van der Waals surface area (Å²) in [6, 6.07) is 11.3. The number of carbonyl (C=O) groups excluding carboxylic acids is 3. The van der Waals surface area contributed by atoms with Gasteiger partial charge in [0.05, 0.1) is 13.7 Å². The lowest BCUT2D eigenvalue weighted by Gasteiger charge is -2.26. The predicted molar refractivity (Wildman–Crippen MR) is 118 cm³/mol. The summed E-state index contributed by atoms with van der Waals surface area (Å²) in [4.78, 5) is 38.4. The van der Waals surface area contributed by atoms with Crippen LogP contribution in [0.15, 0.2) is 46.4 Å². The maximum atomic E-state index is 12.9. The minimum atomic E-state index is -0.794. The second-order valence-corrected chi connectivity index (χ2v) is 8.07. The molecule has 1 heterocycles. The molecule has 1 fully saturated rings. The van der Waals surface area contributed by atoms with Gasteiger partial charge in [-0.2, -0.15) is 5.26 Å². The van der Waals surface area contributed by atoms with Crippen LogP contribution in [0.4, 0.5) is 10.5 Å². The summed E-state index contributed by atoms with van der Waals surface area (Å²) in [7, 11) is 0. The molecule has 0 unspecified atom stereocenters. The van der Waals surface area contributed by atoms with Crippen molar-refractivity contribution in [1.29, 1.82) is 5.26 Å². The van der Waals surface area contributed by atoms with Crippen molar-refractivity contribution in [2.75, 3.05) is 11.5 Å². The Kier molecular flexibility index (Phi) is 6.34. The third-order valence-corrected chi connectivity index (χ3v) is 5.40. The van der Waals surface area contributed by atoms with Gasteiger partial charge in [0.25, 0.3) is 11.8 Å². The van der Waals surface area contributed by atoms with Crippen LogP contribution < -0.4 is 15.0 Å². The van der Waals surface area contributed by atoms with Gasteiger partial charge in [0, 0.05) is 0 Å². The van der Waals surface area contributed by atoms with E-state index in [1.807, 2.05) is 35.6 Å². The summed E-state index contributed by atoms with van der Waals surface area (Å²) in [5.74, 6) is -0.983. The Morgan fingerprint density at radius 1 is 1.24 bits per heavy atom. The summed E-state index contributed by atoms with van der Waals surface area (Å²) in [6.45, 7) is 1.78. The van der Waals surface area contributed by atoms with Crippen LogP contribution in [0.1, 0.15) is 11.1 Å². The largest absolute Gasteiger partial charge is 0.476 e. The fraction of sp³-hybridized carbons (Fsp3) is 0.100. The van der Waals surface area contributed by atoms with E-state index in [4.69, 9.17) is 10.00 Å². The highest BCUT2D eigenvalue weighted by molar-refractivity contribution is 14.1. The molecule has 29 heavy (non-hydrogen) atoms. The van der Waals surface area contributed by atoms with Gasteiger partial charge in [-0.25, -0.2) is 9.69 Å². The second kappa shape index (κ2) is 8.75. The fourth-order valence-corrected chi connectivity index (χ4v) is 4.43. The van der Waals surface area contributed by atoms with Crippen molar-refractivity contribution in [1.82, 2.24) is 5.32 Å². The van der Waals surface area contributed by atoms with Crippen molar-refractivity contribution in [3.05, 3.63) is 61.1 Å². The Bertz CT molecular complexity index is 1070. The van der Waals surface area contributed by atoms with E-state index in [0.29, 0.717) is 25.0 Å². The number of imide groups is 2. The number of anilines is 1. The molecule has 3 rings (SSSR count). The van der Waals surface area contributed by atoms with Crippen molar-refractivity contribution in [3.8, 4) is 11.8 Å². The molecule has 1 aliphatic rings. The number of amides is 4. The molecule has 0 radical (unpaired) electrons. The van der Waals surface area contributed by atoms with Gasteiger partial charge in [0.15, 0.2) is 6.61 Å². The number of hydrogen-bond donors (Lipinski definition) is 1. The molecule has 146 valence electrons. The van der Waals surface area contributed by atoms with Crippen LogP contribution in [0.25, 0.3) is 6.08 Å². The van der Waals surface area contributed by atoms with Crippen LogP contribution in [0.5, 0.6) is 5.75 Å². The molecular formula is C20H13BrIN3O4. The third-order valence-electron chi connectivity index (χ3n) is 4.01. The second-order valence-electron chi connectivity index (χ2n) is 6.05. The minimum Gasteiger partial charge on any atom is -0.476 e. The number of ether oxygens (including phenoxy) is 1. The van der Waals surface area contributed by atoms with E-state index in [2.05, 4.69) is 21.2 Å². The number of hydrogen-bond acceptors (Lipinski definition) is 5. The molecule has 2 aromatic rings. The predicted octanol–water partition coefficient (Wildman–Crippen LogP) is 3.93. The van der Waals surface area contributed by atoms with E-state index in [1.54, 1.807) is 36.4 Å². The first-order chi connectivity index (χ1) is 13.8. The summed E-state index contributed by atoms with van der Waals surface area (Å²) >= 11 is 5.40. The summed E-state index contributed by atoms with van der Waals surface area (Å²) in [6.07, 6.45) is 1.41. The zero-order chi connectivity index (χ0) is 21.1. The number of nitriles is 1. The topological polar surface area (TPSA) is 99.5 Å². The van der Waals surface area contributed by atoms with E-state index < -0.39 is 17.8 Å².